The first-order valence-corrected chi connectivity index (χ1v) is 5.79. The molecule has 5 nitrogen and oxygen atoms in total. The number of nitrogens with two attached hydrogens (primary N) is 1. The summed E-state index contributed by atoms with van der Waals surface area (Å²) < 4.78 is 13.1. The van der Waals surface area contributed by atoms with Gasteiger partial charge in [0.05, 0.1) is 11.6 Å². The second-order valence-electron chi connectivity index (χ2n) is 4.06. The fraction of sp³-hybridized carbons (Fsp3) is 0.182. The molecular weight excluding hydrogens is 257 g/mol. The molecule has 0 saturated heterocycles. The van der Waals surface area contributed by atoms with Crippen LogP contribution in [0.1, 0.15) is 0 Å². The largest absolute Gasteiger partial charge is 0.383 e. The van der Waals surface area contributed by atoms with E-state index in [1.165, 1.54) is 0 Å². The zero-order valence-corrected chi connectivity index (χ0v) is 10.1. The summed E-state index contributed by atoms with van der Waals surface area (Å²) in [7, 11) is 0. The molecule has 0 unspecified atom stereocenters. The van der Waals surface area contributed by atoms with Gasteiger partial charge < -0.3 is 21.7 Å². The third-order valence-corrected chi connectivity index (χ3v) is 3.09. The van der Waals surface area contributed by atoms with E-state index < -0.39 is 5.83 Å². The van der Waals surface area contributed by atoms with Crippen LogP contribution in [0.5, 0.6) is 0 Å². The Morgan fingerprint density at radius 3 is 3.11 bits per heavy atom. The van der Waals surface area contributed by atoms with Gasteiger partial charge in [-0.15, -0.1) is 0 Å². The van der Waals surface area contributed by atoms with Crippen molar-refractivity contribution in [3.05, 3.63) is 45.9 Å². The van der Waals surface area contributed by atoms with Crippen LogP contribution in [-0.2, 0) is 0 Å². The van der Waals surface area contributed by atoms with Gasteiger partial charge in [-0.3, -0.25) is 4.99 Å². The topological polar surface area (TPSA) is 74.5 Å². The number of allylic oxidation sites excluding steroid dienone is 2. The highest BCUT2D eigenvalue weighted by Gasteiger charge is 2.27. The van der Waals surface area contributed by atoms with E-state index in [1.54, 1.807) is 12.4 Å². The standard InChI is InChI=1S/C11H11ClFN5/c12-5-1-6-7(3-16-10(6)15-2-5)11-17-4-8(13)9(14)18-11/h1-3,10,15,17-18H,4,14H2/t10-/m0/s1. The molecule has 3 rings (SSSR count). The Morgan fingerprint density at radius 1 is 1.50 bits per heavy atom. The number of halogens is 2. The van der Waals surface area contributed by atoms with E-state index in [0.29, 0.717) is 10.9 Å². The van der Waals surface area contributed by atoms with Gasteiger partial charge in [0.15, 0.2) is 5.83 Å². The van der Waals surface area contributed by atoms with Gasteiger partial charge in [-0.25, -0.2) is 4.39 Å². The third-order valence-electron chi connectivity index (χ3n) is 2.87. The molecule has 0 amide bonds. The van der Waals surface area contributed by atoms with Crippen LogP contribution in [0.4, 0.5) is 4.39 Å². The molecule has 0 saturated carbocycles. The summed E-state index contributed by atoms with van der Waals surface area (Å²) in [5.41, 5.74) is 7.29. The van der Waals surface area contributed by atoms with Crippen molar-refractivity contribution in [2.45, 2.75) is 6.17 Å². The van der Waals surface area contributed by atoms with Crippen LogP contribution in [0.15, 0.2) is 50.9 Å². The first-order chi connectivity index (χ1) is 8.65. The van der Waals surface area contributed by atoms with Crippen molar-refractivity contribution in [3.63, 3.8) is 0 Å². The van der Waals surface area contributed by atoms with E-state index in [9.17, 15) is 4.39 Å². The molecule has 0 aromatic heterocycles. The summed E-state index contributed by atoms with van der Waals surface area (Å²) >= 11 is 5.95. The number of rotatable bonds is 0. The first-order valence-electron chi connectivity index (χ1n) is 5.41. The quantitative estimate of drug-likeness (QED) is 0.516. The summed E-state index contributed by atoms with van der Waals surface area (Å²) in [4.78, 5) is 4.30. The molecule has 18 heavy (non-hydrogen) atoms. The van der Waals surface area contributed by atoms with Crippen LogP contribution in [0.2, 0.25) is 0 Å². The lowest BCUT2D eigenvalue weighted by molar-refractivity contribution is 0.532. The SMILES string of the molecule is NC1=C(F)CNC(=C2C=N[C@@H]3NC=C(Cl)C=C23)N1. The van der Waals surface area contributed by atoms with Gasteiger partial charge >= 0.3 is 0 Å². The van der Waals surface area contributed by atoms with Crippen molar-refractivity contribution in [1.29, 1.82) is 0 Å². The smallest absolute Gasteiger partial charge is 0.159 e. The molecule has 0 bridgehead atoms. The second kappa shape index (κ2) is 4.06. The van der Waals surface area contributed by atoms with E-state index in [-0.39, 0.29) is 18.5 Å². The summed E-state index contributed by atoms with van der Waals surface area (Å²) in [5.74, 6) is 0.262. The Bertz CT molecular complexity index is 558. The van der Waals surface area contributed by atoms with E-state index in [1.807, 2.05) is 6.08 Å². The minimum Gasteiger partial charge on any atom is -0.383 e. The van der Waals surface area contributed by atoms with Gasteiger partial charge in [-0.1, -0.05) is 11.6 Å². The lowest BCUT2D eigenvalue weighted by Gasteiger charge is -2.23. The van der Waals surface area contributed by atoms with Gasteiger partial charge in [0.2, 0.25) is 0 Å². The minimum absolute atomic E-state index is 0.0270. The molecule has 0 fully saturated rings. The molecule has 0 aromatic rings. The van der Waals surface area contributed by atoms with E-state index in [2.05, 4.69) is 20.9 Å². The highest BCUT2D eigenvalue weighted by molar-refractivity contribution is 6.31. The maximum atomic E-state index is 13.1. The fourth-order valence-electron chi connectivity index (χ4n) is 1.97. The lowest BCUT2D eigenvalue weighted by Crippen LogP contribution is -2.38. The minimum atomic E-state index is -0.403. The van der Waals surface area contributed by atoms with Crippen LogP contribution < -0.4 is 21.7 Å². The number of nitrogens with zero attached hydrogens (tertiary/aromatic N) is 1. The van der Waals surface area contributed by atoms with Crippen molar-refractivity contribution in [2.24, 2.45) is 10.7 Å². The highest BCUT2D eigenvalue weighted by atomic mass is 35.5. The Hall–Kier alpha value is -1.95. The normalized spacial score (nSPS) is 30.0. The predicted molar refractivity (Wildman–Crippen MR) is 67.9 cm³/mol. The number of nitrogens with one attached hydrogen (secondary N) is 3. The van der Waals surface area contributed by atoms with Gasteiger partial charge in [-0.2, -0.15) is 0 Å². The van der Waals surface area contributed by atoms with Crippen LogP contribution in [0.25, 0.3) is 0 Å². The van der Waals surface area contributed by atoms with Crippen LogP contribution in [0, 0.1) is 0 Å². The van der Waals surface area contributed by atoms with E-state index >= 15 is 0 Å². The molecule has 0 spiro atoms. The summed E-state index contributed by atoms with van der Waals surface area (Å²) in [6.07, 6.45) is 5.08. The Morgan fingerprint density at radius 2 is 2.33 bits per heavy atom. The number of hydrogen-bond donors (Lipinski definition) is 4. The average molecular weight is 268 g/mol. The molecular formula is C11H11ClFN5. The van der Waals surface area contributed by atoms with E-state index in [0.717, 1.165) is 11.1 Å². The summed E-state index contributed by atoms with van der Waals surface area (Å²) in [5, 5.41) is 9.35. The number of fused-ring (bicyclic) bond motifs is 1. The first kappa shape index (κ1) is 11.2. The molecule has 0 aliphatic carbocycles. The predicted octanol–water partition coefficient (Wildman–Crippen LogP) is 0.508. The van der Waals surface area contributed by atoms with Crippen molar-refractivity contribution in [2.75, 3.05) is 6.54 Å². The third kappa shape index (κ3) is 1.74. The van der Waals surface area contributed by atoms with Crippen LogP contribution in [-0.4, -0.2) is 18.9 Å². The van der Waals surface area contributed by atoms with Crippen LogP contribution in [0.3, 0.4) is 0 Å². The van der Waals surface area contributed by atoms with Gasteiger partial charge in [-0.05, 0) is 6.08 Å². The highest BCUT2D eigenvalue weighted by Crippen LogP contribution is 2.28. The van der Waals surface area contributed by atoms with Crippen LogP contribution >= 0.6 is 11.6 Å². The summed E-state index contributed by atoms with van der Waals surface area (Å²) in [6, 6.07) is 0. The maximum Gasteiger partial charge on any atom is 0.159 e. The zero-order chi connectivity index (χ0) is 12.7. The molecule has 0 aromatic carbocycles. The molecule has 5 N–H and O–H groups in total. The Balaban J connectivity index is 1.98. The van der Waals surface area contributed by atoms with Crippen molar-refractivity contribution >= 4 is 17.8 Å². The van der Waals surface area contributed by atoms with Gasteiger partial charge in [0.1, 0.15) is 17.8 Å². The van der Waals surface area contributed by atoms with Crippen molar-refractivity contribution in [1.82, 2.24) is 16.0 Å². The average Bonchev–Trinajstić information content (AvgIpc) is 2.75. The van der Waals surface area contributed by atoms with Gasteiger partial charge in [0.25, 0.3) is 0 Å². The number of aliphatic imine (C=N–C) groups is 1. The number of hydrogen-bond acceptors (Lipinski definition) is 5. The molecule has 94 valence electrons. The Labute approximate surface area is 108 Å². The second-order valence-corrected chi connectivity index (χ2v) is 4.50. The fourth-order valence-corrected chi connectivity index (χ4v) is 2.15. The molecule has 7 heteroatoms. The lowest BCUT2D eigenvalue weighted by atomic mass is 10.0. The Kier molecular flexibility index (Phi) is 2.52. The maximum absolute atomic E-state index is 13.1. The van der Waals surface area contributed by atoms with Crippen molar-refractivity contribution < 1.29 is 4.39 Å². The molecule has 3 heterocycles. The number of dihydropyridines is 1. The van der Waals surface area contributed by atoms with Gasteiger partial charge in [0, 0.05) is 23.6 Å². The van der Waals surface area contributed by atoms with Crippen molar-refractivity contribution in [3.8, 4) is 0 Å². The summed E-state index contributed by atoms with van der Waals surface area (Å²) in [6.45, 7) is 0.0699. The monoisotopic (exact) mass is 267 g/mol. The molecule has 3 aliphatic rings. The molecule has 1 atom stereocenters. The molecule has 3 aliphatic heterocycles. The zero-order valence-electron chi connectivity index (χ0n) is 9.30. The van der Waals surface area contributed by atoms with E-state index in [4.69, 9.17) is 17.3 Å². The molecule has 0 radical (unpaired) electrons.